The average Bonchev–Trinajstić information content (AvgIpc) is 2.46. The lowest BCUT2D eigenvalue weighted by Crippen LogP contribution is -2.46. The van der Waals surface area contributed by atoms with E-state index in [1.807, 2.05) is 55.2 Å². The van der Waals surface area contributed by atoms with Crippen molar-refractivity contribution < 1.29 is 4.79 Å². The van der Waals surface area contributed by atoms with E-state index in [1.54, 1.807) is 0 Å². The number of benzene rings is 1. The summed E-state index contributed by atoms with van der Waals surface area (Å²) in [5.74, 6) is 0.110. The summed E-state index contributed by atoms with van der Waals surface area (Å²) < 4.78 is 0. The second-order valence-electron chi connectivity index (χ2n) is 5.36. The van der Waals surface area contributed by atoms with Crippen molar-refractivity contribution in [1.29, 1.82) is 0 Å². The normalized spacial score (nSPS) is 19.0. The molecule has 1 aromatic carbocycles. The first-order valence-corrected chi connectivity index (χ1v) is 6.85. The van der Waals surface area contributed by atoms with Crippen LogP contribution >= 0.6 is 0 Å². The Morgan fingerprint density at radius 1 is 1.21 bits per heavy atom. The van der Waals surface area contributed by atoms with E-state index in [0.717, 1.165) is 37.2 Å². The van der Waals surface area contributed by atoms with Crippen LogP contribution in [0.1, 0.15) is 23.2 Å². The predicted molar refractivity (Wildman–Crippen MR) is 78.8 cm³/mol. The molecule has 1 saturated heterocycles. The summed E-state index contributed by atoms with van der Waals surface area (Å²) in [5, 5.41) is 3.35. The predicted octanol–water partition coefficient (Wildman–Crippen LogP) is 1.58. The van der Waals surface area contributed by atoms with Gasteiger partial charge in [-0.1, -0.05) is 0 Å². The lowest BCUT2D eigenvalue weighted by atomic mass is 10.1. The van der Waals surface area contributed by atoms with Gasteiger partial charge in [-0.15, -0.1) is 0 Å². The van der Waals surface area contributed by atoms with Crippen molar-refractivity contribution in [3.05, 3.63) is 29.8 Å². The van der Waals surface area contributed by atoms with E-state index in [0.29, 0.717) is 6.04 Å². The molecule has 0 aromatic heterocycles. The van der Waals surface area contributed by atoms with Crippen LogP contribution in [0.2, 0.25) is 0 Å². The minimum absolute atomic E-state index is 0.110. The molecule has 4 nitrogen and oxygen atoms in total. The Labute approximate surface area is 115 Å². The van der Waals surface area contributed by atoms with E-state index in [4.69, 9.17) is 0 Å². The van der Waals surface area contributed by atoms with Crippen LogP contribution in [0.25, 0.3) is 0 Å². The number of likely N-dealkylation sites (N-methyl/N-ethyl adjacent to an activating group) is 1. The van der Waals surface area contributed by atoms with Crippen LogP contribution in [0.15, 0.2) is 24.3 Å². The molecule has 1 atom stereocenters. The van der Waals surface area contributed by atoms with Crippen LogP contribution < -0.4 is 10.2 Å². The number of carbonyl (C=O) groups excluding carboxylic acids is 1. The summed E-state index contributed by atoms with van der Waals surface area (Å²) >= 11 is 0. The van der Waals surface area contributed by atoms with Gasteiger partial charge in [-0.2, -0.15) is 0 Å². The van der Waals surface area contributed by atoms with Gasteiger partial charge >= 0.3 is 0 Å². The molecule has 104 valence electrons. The van der Waals surface area contributed by atoms with Crippen molar-refractivity contribution in [3.63, 3.8) is 0 Å². The number of anilines is 1. The van der Waals surface area contributed by atoms with Crippen molar-refractivity contribution in [1.82, 2.24) is 10.2 Å². The molecular formula is C15H23N3O. The van der Waals surface area contributed by atoms with Crippen molar-refractivity contribution in [3.8, 4) is 0 Å². The summed E-state index contributed by atoms with van der Waals surface area (Å²) in [4.78, 5) is 16.3. The molecule has 1 unspecified atom stereocenters. The number of amides is 1. The molecule has 2 rings (SSSR count). The zero-order valence-electron chi connectivity index (χ0n) is 12.0. The molecule has 0 aliphatic carbocycles. The van der Waals surface area contributed by atoms with Crippen molar-refractivity contribution in [2.24, 2.45) is 0 Å². The number of hydrogen-bond acceptors (Lipinski definition) is 3. The fourth-order valence-electron chi connectivity index (χ4n) is 2.44. The number of piperidine rings is 1. The highest BCUT2D eigenvalue weighted by atomic mass is 16.2. The van der Waals surface area contributed by atoms with Gasteiger partial charge in [0.05, 0.1) is 0 Å². The molecule has 4 heteroatoms. The van der Waals surface area contributed by atoms with E-state index < -0.39 is 0 Å². The molecule has 1 heterocycles. The van der Waals surface area contributed by atoms with E-state index in [-0.39, 0.29) is 5.91 Å². The average molecular weight is 261 g/mol. The third-order valence-electron chi connectivity index (χ3n) is 3.77. The number of carbonyl (C=O) groups is 1. The minimum Gasteiger partial charge on any atom is -0.378 e. The Kier molecular flexibility index (Phi) is 4.43. The Hall–Kier alpha value is -1.55. The van der Waals surface area contributed by atoms with Gasteiger partial charge in [-0.3, -0.25) is 4.79 Å². The highest BCUT2D eigenvalue weighted by Crippen LogP contribution is 2.16. The van der Waals surface area contributed by atoms with Crippen LogP contribution in [-0.4, -0.2) is 51.1 Å². The van der Waals surface area contributed by atoms with Gasteiger partial charge in [0.25, 0.3) is 5.91 Å². The highest BCUT2D eigenvalue weighted by Gasteiger charge is 2.22. The number of rotatable bonds is 3. The fourth-order valence-corrected chi connectivity index (χ4v) is 2.44. The van der Waals surface area contributed by atoms with E-state index >= 15 is 0 Å². The van der Waals surface area contributed by atoms with Gasteiger partial charge in [0.1, 0.15) is 0 Å². The molecule has 0 bridgehead atoms. The van der Waals surface area contributed by atoms with Crippen LogP contribution in [0.3, 0.4) is 0 Å². The first kappa shape index (κ1) is 13.9. The first-order chi connectivity index (χ1) is 9.09. The number of hydrogen-bond donors (Lipinski definition) is 1. The van der Waals surface area contributed by atoms with E-state index in [2.05, 4.69) is 5.32 Å². The zero-order chi connectivity index (χ0) is 13.8. The molecule has 1 amide bonds. The second-order valence-corrected chi connectivity index (χ2v) is 5.36. The lowest BCUT2D eigenvalue weighted by Gasteiger charge is -2.31. The third kappa shape index (κ3) is 3.26. The van der Waals surface area contributed by atoms with E-state index in [1.165, 1.54) is 0 Å². The van der Waals surface area contributed by atoms with Gasteiger partial charge in [0.2, 0.25) is 0 Å². The van der Waals surface area contributed by atoms with Crippen LogP contribution in [-0.2, 0) is 0 Å². The van der Waals surface area contributed by atoms with Crippen molar-refractivity contribution >= 4 is 11.6 Å². The second kappa shape index (κ2) is 6.06. The summed E-state index contributed by atoms with van der Waals surface area (Å²) in [7, 11) is 5.90. The maximum absolute atomic E-state index is 12.4. The van der Waals surface area contributed by atoms with Gasteiger partial charge < -0.3 is 15.1 Å². The Morgan fingerprint density at radius 3 is 2.42 bits per heavy atom. The Balaban J connectivity index is 2.05. The molecule has 19 heavy (non-hydrogen) atoms. The van der Waals surface area contributed by atoms with Gasteiger partial charge in [0.15, 0.2) is 0 Å². The summed E-state index contributed by atoms with van der Waals surface area (Å²) in [6.07, 6.45) is 2.23. The SMILES string of the molecule is CN(C)c1ccc(C(=O)N(C)C2CCCNC2)cc1. The molecule has 1 aromatic rings. The first-order valence-electron chi connectivity index (χ1n) is 6.85. The largest absolute Gasteiger partial charge is 0.378 e. The maximum Gasteiger partial charge on any atom is 0.253 e. The van der Waals surface area contributed by atoms with Gasteiger partial charge in [-0.25, -0.2) is 0 Å². The molecule has 1 fully saturated rings. The molecule has 1 aliphatic rings. The van der Waals surface area contributed by atoms with Crippen LogP contribution in [0.5, 0.6) is 0 Å². The van der Waals surface area contributed by atoms with Crippen molar-refractivity contribution in [2.75, 3.05) is 39.1 Å². The molecule has 0 radical (unpaired) electrons. The van der Waals surface area contributed by atoms with Crippen LogP contribution in [0, 0.1) is 0 Å². The highest BCUT2D eigenvalue weighted by molar-refractivity contribution is 5.94. The Morgan fingerprint density at radius 2 is 1.89 bits per heavy atom. The topological polar surface area (TPSA) is 35.6 Å². The summed E-state index contributed by atoms with van der Waals surface area (Å²) in [6, 6.07) is 8.10. The third-order valence-corrected chi connectivity index (χ3v) is 3.77. The van der Waals surface area contributed by atoms with Gasteiger partial charge in [0, 0.05) is 45.0 Å². The number of nitrogens with zero attached hydrogens (tertiary/aromatic N) is 2. The summed E-state index contributed by atoms with van der Waals surface area (Å²) in [6.45, 7) is 1.97. The maximum atomic E-state index is 12.4. The zero-order valence-corrected chi connectivity index (χ0v) is 12.0. The van der Waals surface area contributed by atoms with Crippen molar-refractivity contribution in [2.45, 2.75) is 18.9 Å². The Bertz CT molecular complexity index is 422. The van der Waals surface area contributed by atoms with E-state index in [9.17, 15) is 4.79 Å². The molecular weight excluding hydrogens is 238 g/mol. The molecule has 0 saturated carbocycles. The van der Waals surface area contributed by atoms with Gasteiger partial charge in [-0.05, 0) is 43.7 Å². The van der Waals surface area contributed by atoms with Crippen LogP contribution in [0.4, 0.5) is 5.69 Å². The molecule has 1 N–H and O–H groups in total. The quantitative estimate of drug-likeness (QED) is 0.897. The fraction of sp³-hybridized carbons (Fsp3) is 0.533. The lowest BCUT2D eigenvalue weighted by molar-refractivity contribution is 0.0708. The summed E-state index contributed by atoms with van der Waals surface area (Å²) in [5.41, 5.74) is 1.87. The molecule has 0 spiro atoms. The number of nitrogens with one attached hydrogen (secondary N) is 1. The monoisotopic (exact) mass is 261 g/mol. The standard InChI is InChI=1S/C15H23N3O/c1-17(2)13-8-6-12(7-9-13)15(19)18(3)14-5-4-10-16-11-14/h6-9,14,16H,4-5,10-11H2,1-3H3. The minimum atomic E-state index is 0.110. The molecule has 1 aliphatic heterocycles. The smallest absolute Gasteiger partial charge is 0.253 e.